The number of amides is 2. The van der Waals surface area contributed by atoms with E-state index in [1.54, 1.807) is 30.3 Å². The predicted octanol–water partition coefficient (Wildman–Crippen LogP) is 2.81. The van der Waals surface area contributed by atoms with Crippen LogP contribution < -0.4 is 10.6 Å². The lowest BCUT2D eigenvalue weighted by molar-refractivity contribution is 0.252. The van der Waals surface area contributed by atoms with Crippen molar-refractivity contribution >= 4 is 11.7 Å². The van der Waals surface area contributed by atoms with Crippen molar-refractivity contribution in [1.82, 2.24) is 15.5 Å². The number of nitrogens with one attached hydrogen (secondary N) is 2. The summed E-state index contributed by atoms with van der Waals surface area (Å²) in [5.41, 5.74) is 2.40. The van der Waals surface area contributed by atoms with E-state index < -0.39 is 0 Å². The molecule has 3 rings (SSSR count). The molecular formula is C17H16N4O3. The second kappa shape index (κ2) is 7.28. The number of benzene rings is 2. The van der Waals surface area contributed by atoms with Crippen molar-refractivity contribution in [3.05, 3.63) is 60.5 Å². The average Bonchev–Trinajstić information content (AvgIpc) is 3.11. The van der Waals surface area contributed by atoms with Crippen LogP contribution in [0.25, 0.3) is 11.5 Å². The first-order chi connectivity index (χ1) is 11.7. The molecule has 24 heavy (non-hydrogen) atoms. The average molecular weight is 324 g/mol. The van der Waals surface area contributed by atoms with Gasteiger partial charge < -0.3 is 20.2 Å². The smallest absolute Gasteiger partial charge is 0.319 e. The topological polar surface area (TPSA) is 100 Å². The third-order valence-electron chi connectivity index (χ3n) is 3.36. The van der Waals surface area contributed by atoms with E-state index in [-0.39, 0.29) is 11.8 Å². The Balaban J connectivity index is 1.51. The molecule has 0 saturated heterocycles. The second-order valence-electron chi connectivity index (χ2n) is 5.12. The van der Waals surface area contributed by atoms with Gasteiger partial charge in [0.25, 0.3) is 0 Å². The highest BCUT2D eigenvalue weighted by Crippen LogP contribution is 2.20. The van der Waals surface area contributed by atoms with Gasteiger partial charge in [-0.15, -0.1) is 10.2 Å². The van der Waals surface area contributed by atoms with Crippen LogP contribution >= 0.6 is 0 Å². The number of hydrogen-bond donors (Lipinski definition) is 3. The fourth-order valence-corrected chi connectivity index (χ4v) is 2.19. The molecule has 0 aliphatic carbocycles. The summed E-state index contributed by atoms with van der Waals surface area (Å²) in [5, 5.41) is 22.2. The number of aromatic nitrogens is 2. The molecule has 0 unspecified atom stereocenters. The van der Waals surface area contributed by atoms with Crippen molar-refractivity contribution in [3.63, 3.8) is 0 Å². The maximum Gasteiger partial charge on any atom is 0.319 e. The minimum absolute atomic E-state index is 0.227. The standard InChI is InChI=1S/C17H16N4O3/c22-15-6-4-12(5-7-15)8-9-18-17(23)20-14-3-1-2-13(10-14)16-21-19-11-24-16/h1-7,10-11,22H,8-9H2,(H2,18,20,23). The second-order valence-corrected chi connectivity index (χ2v) is 5.12. The molecule has 7 heteroatoms. The van der Waals surface area contributed by atoms with Crippen LogP contribution in [-0.2, 0) is 6.42 Å². The fraction of sp³-hybridized carbons (Fsp3) is 0.118. The number of aromatic hydroxyl groups is 1. The number of urea groups is 1. The Hall–Kier alpha value is -3.35. The molecule has 2 aromatic carbocycles. The zero-order chi connectivity index (χ0) is 16.8. The molecule has 0 aliphatic heterocycles. The highest BCUT2D eigenvalue weighted by atomic mass is 16.4. The summed E-state index contributed by atoms with van der Waals surface area (Å²) in [5.74, 6) is 0.622. The SMILES string of the molecule is O=C(NCCc1ccc(O)cc1)Nc1cccc(-c2nnco2)c1. The van der Waals surface area contributed by atoms with Crippen LogP contribution in [0.2, 0.25) is 0 Å². The van der Waals surface area contributed by atoms with Gasteiger partial charge in [0.15, 0.2) is 0 Å². The van der Waals surface area contributed by atoms with Gasteiger partial charge >= 0.3 is 6.03 Å². The third-order valence-corrected chi connectivity index (χ3v) is 3.36. The highest BCUT2D eigenvalue weighted by molar-refractivity contribution is 5.89. The monoisotopic (exact) mass is 324 g/mol. The van der Waals surface area contributed by atoms with Gasteiger partial charge in [0.1, 0.15) is 5.75 Å². The quantitative estimate of drug-likeness (QED) is 0.670. The number of nitrogens with zero attached hydrogens (tertiary/aromatic N) is 2. The van der Waals surface area contributed by atoms with Gasteiger partial charge in [0.2, 0.25) is 12.3 Å². The van der Waals surface area contributed by atoms with Crippen molar-refractivity contribution < 1.29 is 14.3 Å². The Bertz CT molecular complexity index is 801. The molecule has 1 heterocycles. The van der Waals surface area contributed by atoms with Gasteiger partial charge in [-0.25, -0.2) is 4.79 Å². The lowest BCUT2D eigenvalue weighted by Gasteiger charge is -2.08. The Morgan fingerprint density at radius 2 is 2.00 bits per heavy atom. The Kier molecular flexibility index (Phi) is 4.71. The summed E-state index contributed by atoms with van der Waals surface area (Å²) in [7, 11) is 0. The van der Waals surface area contributed by atoms with Gasteiger partial charge in [-0.1, -0.05) is 18.2 Å². The molecule has 2 amide bonds. The maximum absolute atomic E-state index is 11.9. The van der Waals surface area contributed by atoms with E-state index in [0.29, 0.717) is 24.5 Å². The summed E-state index contributed by atoms with van der Waals surface area (Å²) >= 11 is 0. The van der Waals surface area contributed by atoms with Crippen molar-refractivity contribution in [2.75, 3.05) is 11.9 Å². The van der Waals surface area contributed by atoms with Crippen LogP contribution in [0.4, 0.5) is 10.5 Å². The summed E-state index contributed by atoms with van der Waals surface area (Å²) in [6.45, 7) is 0.486. The van der Waals surface area contributed by atoms with Crippen molar-refractivity contribution in [2.45, 2.75) is 6.42 Å². The molecule has 3 aromatic rings. The molecule has 0 spiro atoms. The van der Waals surface area contributed by atoms with E-state index >= 15 is 0 Å². The van der Waals surface area contributed by atoms with Crippen LogP contribution in [0, 0.1) is 0 Å². The molecule has 0 atom stereocenters. The van der Waals surface area contributed by atoms with Crippen molar-refractivity contribution in [3.8, 4) is 17.2 Å². The van der Waals surface area contributed by atoms with Gasteiger partial charge in [0.05, 0.1) is 0 Å². The molecule has 7 nitrogen and oxygen atoms in total. The molecule has 0 saturated carbocycles. The summed E-state index contributed by atoms with van der Waals surface area (Å²) < 4.78 is 5.13. The number of carbonyl (C=O) groups is 1. The minimum Gasteiger partial charge on any atom is -0.508 e. The van der Waals surface area contributed by atoms with Crippen LogP contribution in [-0.4, -0.2) is 27.9 Å². The van der Waals surface area contributed by atoms with Crippen LogP contribution in [0.5, 0.6) is 5.75 Å². The number of carbonyl (C=O) groups excluding carboxylic acids is 1. The van der Waals surface area contributed by atoms with Crippen LogP contribution in [0.15, 0.2) is 59.3 Å². The van der Waals surface area contributed by atoms with Crippen LogP contribution in [0.1, 0.15) is 5.56 Å². The molecule has 0 fully saturated rings. The number of anilines is 1. The first kappa shape index (κ1) is 15.5. The lowest BCUT2D eigenvalue weighted by atomic mass is 10.1. The summed E-state index contributed by atoms with van der Waals surface area (Å²) in [6, 6.07) is 13.7. The van der Waals surface area contributed by atoms with E-state index in [9.17, 15) is 9.90 Å². The highest BCUT2D eigenvalue weighted by Gasteiger charge is 2.06. The lowest BCUT2D eigenvalue weighted by Crippen LogP contribution is -2.30. The largest absolute Gasteiger partial charge is 0.508 e. The normalized spacial score (nSPS) is 10.3. The zero-order valence-electron chi connectivity index (χ0n) is 12.8. The van der Waals surface area contributed by atoms with Gasteiger partial charge in [0, 0.05) is 17.8 Å². The molecule has 0 bridgehead atoms. The van der Waals surface area contributed by atoms with Crippen molar-refractivity contribution in [1.29, 1.82) is 0 Å². The Morgan fingerprint density at radius 3 is 2.75 bits per heavy atom. The van der Waals surface area contributed by atoms with E-state index in [1.807, 2.05) is 18.2 Å². The number of rotatable bonds is 5. The Labute approximate surface area is 138 Å². The molecule has 3 N–H and O–H groups in total. The molecule has 0 aliphatic rings. The number of phenolic OH excluding ortho intramolecular Hbond substituents is 1. The zero-order valence-corrected chi connectivity index (χ0v) is 12.8. The number of hydrogen-bond acceptors (Lipinski definition) is 5. The van der Waals surface area contributed by atoms with E-state index in [2.05, 4.69) is 20.8 Å². The van der Waals surface area contributed by atoms with Crippen molar-refractivity contribution in [2.24, 2.45) is 0 Å². The molecule has 0 radical (unpaired) electrons. The Morgan fingerprint density at radius 1 is 1.17 bits per heavy atom. The van der Waals surface area contributed by atoms with Gasteiger partial charge in [-0.2, -0.15) is 0 Å². The third kappa shape index (κ3) is 4.10. The molecule has 122 valence electrons. The minimum atomic E-state index is -0.295. The number of phenols is 1. The predicted molar refractivity (Wildman–Crippen MR) is 88.6 cm³/mol. The van der Waals surface area contributed by atoms with E-state index in [0.717, 1.165) is 11.1 Å². The van der Waals surface area contributed by atoms with Gasteiger partial charge in [-0.3, -0.25) is 0 Å². The van der Waals surface area contributed by atoms with E-state index in [4.69, 9.17) is 4.42 Å². The maximum atomic E-state index is 11.9. The van der Waals surface area contributed by atoms with Crippen LogP contribution in [0.3, 0.4) is 0 Å². The first-order valence-electron chi connectivity index (χ1n) is 7.40. The fourth-order valence-electron chi connectivity index (χ4n) is 2.19. The molecule has 1 aromatic heterocycles. The van der Waals surface area contributed by atoms with Gasteiger partial charge in [-0.05, 0) is 42.3 Å². The molecular weight excluding hydrogens is 308 g/mol. The first-order valence-corrected chi connectivity index (χ1v) is 7.40. The van der Waals surface area contributed by atoms with E-state index in [1.165, 1.54) is 6.39 Å². The summed E-state index contributed by atoms with van der Waals surface area (Å²) in [4.78, 5) is 11.9. The summed E-state index contributed by atoms with van der Waals surface area (Å²) in [6.07, 6.45) is 1.93.